The van der Waals surface area contributed by atoms with Gasteiger partial charge in [-0.2, -0.15) is 0 Å². The molecule has 3 N–H and O–H groups in total. The smallest absolute Gasteiger partial charge is 0.249 e. The van der Waals surface area contributed by atoms with E-state index in [1.54, 1.807) is 17.0 Å². The Morgan fingerprint density at radius 3 is 2.43 bits per heavy atom. The predicted molar refractivity (Wildman–Crippen MR) is 79.9 cm³/mol. The van der Waals surface area contributed by atoms with Gasteiger partial charge in [-0.1, -0.05) is 0 Å². The van der Waals surface area contributed by atoms with Crippen LogP contribution in [0.2, 0.25) is 0 Å². The molecule has 0 aliphatic carbocycles. The second kappa shape index (κ2) is 5.04. The van der Waals surface area contributed by atoms with Crippen LogP contribution in [0.3, 0.4) is 0 Å². The number of carbonyl (C=O) groups is 2. The van der Waals surface area contributed by atoms with Crippen molar-refractivity contribution in [3.05, 3.63) is 29.8 Å². The van der Waals surface area contributed by atoms with E-state index in [0.29, 0.717) is 12.2 Å². The van der Waals surface area contributed by atoms with Crippen molar-refractivity contribution in [3.8, 4) is 0 Å². The topological polar surface area (TPSA) is 78.7 Å². The van der Waals surface area contributed by atoms with Crippen LogP contribution >= 0.6 is 0 Å². The summed E-state index contributed by atoms with van der Waals surface area (Å²) < 4.78 is 0. The lowest BCUT2D eigenvalue weighted by molar-refractivity contribution is -0.131. The van der Waals surface area contributed by atoms with Gasteiger partial charge in [0.05, 0.1) is 6.67 Å². The van der Waals surface area contributed by atoms with Crippen molar-refractivity contribution in [2.75, 3.05) is 31.7 Å². The molecule has 112 valence electrons. The van der Waals surface area contributed by atoms with E-state index in [1.807, 2.05) is 19.2 Å². The Morgan fingerprint density at radius 2 is 1.86 bits per heavy atom. The van der Waals surface area contributed by atoms with E-state index < -0.39 is 11.4 Å². The molecule has 6 nitrogen and oxygen atoms in total. The summed E-state index contributed by atoms with van der Waals surface area (Å²) >= 11 is 0. The second-order valence-corrected chi connectivity index (χ2v) is 5.77. The van der Waals surface area contributed by atoms with Gasteiger partial charge in [-0.3, -0.25) is 9.59 Å². The second-order valence-electron chi connectivity index (χ2n) is 5.77. The average molecular weight is 288 g/mol. The highest BCUT2D eigenvalue weighted by Gasteiger charge is 2.51. The molecule has 1 spiro atoms. The summed E-state index contributed by atoms with van der Waals surface area (Å²) in [5, 5.41) is 3.31. The van der Waals surface area contributed by atoms with Crippen LogP contribution in [0.25, 0.3) is 0 Å². The molecule has 1 aromatic carbocycles. The zero-order valence-electron chi connectivity index (χ0n) is 12.1. The summed E-state index contributed by atoms with van der Waals surface area (Å²) in [6.07, 6.45) is 1.60. The number of nitrogens with one attached hydrogen (secondary N) is 1. The molecule has 2 amide bonds. The highest BCUT2D eigenvalue weighted by molar-refractivity contribution is 5.95. The Hall–Kier alpha value is -2.08. The number of primary amides is 1. The number of carbonyl (C=O) groups excluding carboxylic acids is 2. The van der Waals surface area contributed by atoms with Crippen molar-refractivity contribution in [1.82, 2.24) is 10.2 Å². The maximum absolute atomic E-state index is 12.6. The fourth-order valence-electron chi connectivity index (χ4n) is 3.34. The predicted octanol–water partition coefficient (Wildman–Crippen LogP) is 0.144. The molecule has 1 aromatic rings. The summed E-state index contributed by atoms with van der Waals surface area (Å²) in [6.45, 7) is 2.26. The fourth-order valence-corrected chi connectivity index (χ4v) is 3.34. The zero-order valence-corrected chi connectivity index (χ0v) is 12.1. The SMILES string of the molecule is CN1CN(c2ccc(C(N)=O)cc2)C2(CCNCC2)C1=O. The summed E-state index contributed by atoms with van der Waals surface area (Å²) in [5.41, 5.74) is 6.27. The minimum absolute atomic E-state index is 0.183. The Kier molecular flexibility index (Phi) is 3.33. The number of piperidine rings is 1. The molecule has 6 heteroatoms. The third kappa shape index (κ3) is 2.15. The van der Waals surface area contributed by atoms with Gasteiger partial charge in [0.2, 0.25) is 11.8 Å². The molecule has 3 rings (SSSR count). The van der Waals surface area contributed by atoms with Gasteiger partial charge in [-0.05, 0) is 50.2 Å². The number of amides is 2. The van der Waals surface area contributed by atoms with Gasteiger partial charge in [0, 0.05) is 18.3 Å². The van der Waals surface area contributed by atoms with Gasteiger partial charge >= 0.3 is 0 Å². The minimum atomic E-state index is -0.450. The van der Waals surface area contributed by atoms with E-state index in [9.17, 15) is 9.59 Å². The van der Waals surface area contributed by atoms with E-state index in [0.717, 1.165) is 31.6 Å². The van der Waals surface area contributed by atoms with Crippen molar-refractivity contribution < 1.29 is 9.59 Å². The third-order valence-corrected chi connectivity index (χ3v) is 4.51. The molecule has 2 saturated heterocycles. The molecule has 2 heterocycles. The molecular formula is C15H20N4O2. The molecular weight excluding hydrogens is 268 g/mol. The number of hydrogen-bond donors (Lipinski definition) is 2. The van der Waals surface area contributed by atoms with Gasteiger partial charge in [-0.15, -0.1) is 0 Å². The van der Waals surface area contributed by atoms with E-state index >= 15 is 0 Å². The van der Waals surface area contributed by atoms with Crippen molar-refractivity contribution >= 4 is 17.5 Å². The molecule has 2 aliphatic heterocycles. The summed E-state index contributed by atoms with van der Waals surface area (Å²) in [6, 6.07) is 7.18. The maximum atomic E-state index is 12.6. The quantitative estimate of drug-likeness (QED) is 0.811. The van der Waals surface area contributed by atoms with Crippen LogP contribution in [0, 0.1) is 0 Å². The van der Waals surface area contributed by atoms with Crippen molar-refractivity contribution in [2.24, 2.45) is 5.73 Å². The minimum Gasteiger partial charge on any atom is -0.366 e. The number of rotatable bonds is 2. The molecule has 0 radical (unpaired) electrons. The summed E-state index contributed by atoms with van der Waals surface area (Å²) in [5.74, 6) is -0.254. The van der Waals surface area contributed by atoms with E-state index in [1.165, 1.54) is 0 Å². The van der Waals surface area contributed by atoms with Gasteiger partial charge in [0.1, 0.15) is 5.54 Å². The molecule has 2 fully saturated rings. The first kappa shape index (κ1) is 13.9. The number of nitrogens with two attached hydrogens (primary N) is 1. The number of likely N-dealkylation sites (N-methyl/N-ethyl adjacent to an activating group) is 1. The van der Waals surface area contributed by atoms with Crippen molar-refractivity contribution in [3.63, 3.8) is 0 Å². The van der Waals surface area contributed by atoms with Gasteiger partial charge in [-0.25, -0.2) is 0 Å². The van der Waals surface area contributed by atoms with Crippen LogP contribution in [0.15, 0.2) is 24.3 Å². The van der Waals surface area contributed by atoms with E-state index in [4.69, 9.17) is 5.73 Å². The van der Waals surface area contributed by atoms with Crippen LogP contribution in [-0.2, 0) is 4.79 Å². The number of anilines is 1. The first-order chi connectivity index (χ1) is 10.0. The van der Waals surface area contributed by atoms with Gasteiger partial charge in [0.25, 0.3) is 0 Å². The van der Waals surface area contributed by atoms with Crippen LogP contribution in [0.5, 0.6) is 0 Å². The molecule has 0 saturated carbocycles. The Balaban J connectivity index is 1.95. The van der Waals surface area contributed by atoms with E-state index in [-0.39, 0.29) is 5.91 Å². The standard InChI is InChI=1S/C15H20N4O2/c1-18-10-19(12-4-2-11(3-5-12)13(16)20)15(14(18)21)6-8-17-9-7-15/h2-5,17H,6-10H2,1H3,(H2,16,20). The third-order valence-electron chi connectivity index (χ3n) is 4.51. The molecule has 2 aliphatic rings. The lowest BCUT2D eigenvalue weighted by atomic mass is 9.86. The lowest BCUT2D eigenvalue weighted by Crippen LogP contribution is -2.55. The van der Waals surface area contributed by atoms with Crippen LogP contribution < -0.4 is 16.0 Å². The summed E-state index contributed by atoms with van der Waals surface area (Å²) in [4.78, 5) is 27.7. The Morgan fingerprint density at radius 1 is 1.24 bits per heavy atom. The largest absolute Gasteiger partial charge is 0.366 e. The molecule has 21 heavy (non-hydrogen) atoms. The monoisotopic (exact) mass is 288 g/mol. The highest BCUT2D eigenvalue weighted by Crippen LogP contribution is 2.37. The van der Waals surface area contributed by atoms with Crippen molar-refractivity contribution in [1.29, 1.82) is 0 Å². The highest BCUT2D eigenvalue weighted by atomic mass is 16.2. The van der Waals surface area contributed by atoms with Gasteiger partial charge in [0.15, 0.2) is 0 Å². The first-order valence-corrected chi connectivity index (χ1v) is 7.18. The molecule has 0 bridgehead atoms. The average Bonchev–Trinajstić information content (AvgIpc) is 2.74. The van der Waals surface area contributed by atoms with Crippen LogP contribution in [0.1, 0.15) is 23.2 Å². The van der Waals surface area contributed by atoms with Gasteiger partial charge < -0.3 is 20.9 Å². The zero-order chi connectivity index (χ0) is 15.0. The lowest BCUT2D eigenvalue weighted by Gasteiger charge is -2.40. The maximum Gasteiger partial charge on any atom is 0.249 e. The molecule has 0 atom stereocenters. The number of nitrogens with zero attached hydrogens (tertiary/aromatic N) is 2. The van der Waals surface area contributed by atoms with Crippen LogP contribution in [0.4, 0.5) is 5.69 Å². The normalized spacial score (nSPS) is 21.1. The Bertz CT molecular complexity index is 564. The van der Waals surface area contributed by atoms with E-state index in [2.05, 4.69) is 10.2 Å². The number of benzene rings is 1. The first-order valence-electron chi connectivity index (χ1n) is 7.18. The Labute approximate surface area is 123 Å². The fraction of sp³-hybridized carbons (Fsp3) is 0.467. The molecule has 0 unspecified atom stereocenters. The van der Waals surface area contributed by atoms with Crippen molar-refractivity contribution in [2.45, 2.75) is 18.4 Å². The van der Waals surface area contributed by atoms with Crippen LogP contribution in [-0.4, -0.2) is 49.1 Å². The summed E-state index contributed by atoms with van der Waals surface area (Å²) in [7, 11) is 1.84. The molecule has 0 aromatic heterocycles. The number of hydrogen-bond acceptors (Lipinski definition) is 4.